The van der Waals surface area contributed by atoms with Crippen LogP contribution in [0.2, 0.25) is 0 Å². The summed E-state index contributed by atoms with van der Waals surface area (Å²) in [5.74, 6) is 1.33. The molecule has 1 fully saturated rings. The first-order valence-electron chi connectivity index (χ1n) is 5.85. The van der Waals surface area contributed by atoms with E-state index in [2.05, 4.69) is 14.9 Å². The van der Waals surface area contributed by atoms with E-state index in [4.69, 9.17) is 5.73 Å². The van der Waals surface area contributed by atoms with Gasteiger partial charge < -0.3 is 15.6 Å². The number of aromatic amines is 1. The fraction of sp³-hybridized carbons (Fsp3) is 0.636. The summed E-state index contributed by atoms with van der Waals surface area (Å²) in [5.41, 5.74) is 5.38. The molecule has 0 amide bonds. The van der Waals surface area contributed by atoms with Crippen LogP contribution in [0.3, 0.4) is 0 Å². The Labute approximate surface area is 94.7 Å². The molecule has 0 bridgehead atoms. The van der Waals surface area contributed by atoms with Crippen molar-refractivity contribution in [3.8, 4) is 0 Å². The first kappa shape index (κ1) is 11.1. The maximum Gasteiger partial charge on any atom is 0.253 e. The van der Waals surface area contributed by atoms with E-state index in [0.717, 1.165) is 18.9 Å². The van der Waals surface area contributed by atoms with Crippen LogP contribution in [-0.2, 0) is 6.54 Å². The summed E-state index contributed by atoms with van der Waals surface area (Å²) in [6, 6.07) is 1.56. The third kappa shape index (κ3) is 2.61. The number of nitrogens with one attached hydrogen (secondary N) is 1. The molecule has 1 saturated heterocycles. The minimum absolute atomic E-state index is 0.116. The molecule has 0 unspecified atom stereocenters. The average Bonchev–Trinajstić information content (AvgIpc) is 2.56. The van der Waals surface area contributed by atoms with Crippen LogP contribution in [0.1, 0.15) is 31.5 Å². The van der Waals surface area contributed by atoms with Crippen LogP contribution in [0.5, 0.6) is 0 Å². The van der Waals surface area contributed by atoms with Crippen molar-refractivity contribution >= 4 is 5.82 Å². The standard InChI is InChI=1S/C11H18N4O/c12-8-9-13-10(7-11(16)14-9)15-5-3-1-2-4-6-15/h7H,1-6,8,12H2,(H,13,14,16). The van der Waals surface area contributed by atoms with E-state index in [0.29, 0.717) is 5.82 Å². The number of anilines is 1. The molecule has 1 aromatic rings. The molecule has 0 aliphatic carbocycles. The lowest BCUT2D eigenvalue weighted by atomic mass is 10.2. The number of hydrogen-bond acceptors (Lipinski definition) is 4. The summed E-state index contributed by atoms with van der Waals surface area (Å²) in [5, 5.41) is 0. The first-order chi connectivity index (χ1) is 7.79. The van der Waals surface area contributed by atoms with Gasteiger partial charge in [0.2, 0.25) is 0 Å². The van der Waals surface area contributed by atoms with Crippen molar-refractivity contribution in [3.63, 3.8) is 0 Å². The summed E-state index contributed by atoms with van der Waals surface area (Å²) in [6.07, 6.45) is 4.88. The average molecular weight is 222 g/mol. The lowest BCUT2D eigenvalue weighted by Gasteiger charge is -2.21. The van der Waals surface area contributed by atoms with Crippen LogP contribution < -0.4 is 16.2 Å². The van der Waals surface area contributed by atoms with Gasteiger partial charge in [-0.25, -0.2) is 4.98 Å². The quantitative estimate of drug-likeness (QED) is 0.768. The summed E-state index contributed by atoms with van der Waals surface area (Å²) in [7, 11) is 0. The Kier molecular flexibility index (Phi) is 3.56. The van der Waals surface area contributed by atoms with Gasteiger partial charge in [-0.05, 0) is 12.8 Å². The molecule has 0 radical (unpaired) electrons. The minimum atomic E-state index is -0.116. The van der Waals surface area contributed by atoms with Crippen LogP contribution in [0.25, 0.3) is 0 Å². The third-order valence-electron chi connectivity index (χ3n) is 2.90. The van der Waals surface area contributed by atoms with Crippen molar-refractivity contribution < 1.29 is 0 Å². The Morgan fingerprint density at radius 2 is 2.00 bits per heavy atom. The molecule has 1 aliphatic heterocycles. The number of rotatable bonds is 2. The number of hydrogen-bond donors (Lipinski definition) is 2. The van der Waals surface area contributed by atoms with Gasteiger partial charge in [0, 0.05) is 19.2 Å². The smallest absolute Gasteiger partial charge is 0.253 e. The lowest BCUT2D eigenvalue weighted by Crippen LogP contribution is -2.27. The Morgan fingerprint density at radius 1 is 1.31 bits per heavy atom. The van der Waals surface area contributed by atoms with Crippen molar-refractivity contribution in [2.24, 2.45) is 5.73 Å². The second-order valence-corrected chi connectivity index (χ2v) is 4.16. The summed E-state index contributed by atoms with van der Waals surface area (Å²) < 4.78 is 0. The molecule has 5 nitrogen and oxygen atoms in total. The molecule has 16 heavy (non-hydrogen) atoms. The van der Waals surface area contributed by atoms with Gasteiger partial charge in [-0.1, -0.05) is 12.8 Å². The number of nitrogens with zero attached hydrogens (tertiary/aromatic N) is 2. The van der Waals surface area contributed by atoms with Crippen molar-refractivity contribution in [1.82, 2.24) is 9.97 Å². The topological polar surface area (TPSA) is 75.0 Å². The highest BCUT2D eigenvalue weighted by atomic mass is 16.1. The third-order valence-corrected chi connectivity index (χ3v) is 2.90. The summed E-state index contributed by atoms with van der Waals surface area (Å²) >= 11 is 0. The summed E-state index contributed by atoms with van der Waals surface area (Å²) in [6.45, 7) is 2.25. The van der Waals surface area contributed by atoms with Crippen molar-refractivity contribution in [2.45, 2.75) is 32.2 Å². The molecule has 1 aliphatic rings. The van der Waals surface area contributed by atoms with Crippen LogP contribution in [0.4, 0.5) is 5.82 Å². The van der Waals surface area contributed by atoms with Crippen LogP contribution in [-0.4, -0.2) is 23.1 Å². The zero-order valence-corrected chi connectivity index (χ0v) is 9.41. The molecule has 0 aromatic carbocycles. The molecule has 1 aromatic heterocycles. The first-order valence-corrected chi connectivity index (χ1v) is 5.85. The normalized spacial score (nSPS) is 17.2. The van der Waals surface area contributed by atoms with Crippen LogP contribution >= 0.6 is 0 Å². The monoisotopic (exact) mass is 222 g/mol. The number of H-pyrrole nitrogens is 1. The maximum absolute atomic E-state index is 11.4. The largest absolute Gasteiger partial charge is 0.356 e. The fourth-order valence-electron chi connectivity index (χ4n) is 2.05. The molecule has 0 atom stereocenters. The maximum atomic E-state index is 11.4. The Hall–Kier alpha value is -1.36. The van der Waals surface area contributed by atoms with Crippen molar-refractivity contribution in [1.29, 1.82) is 0 Å². The Morgan fingerprint density at radius 3 is 2.62 bits per heavy atom. The number of nitrogens with two attached hydrogens (primary N) is 1. The van der Waals surface area contributed by atoms with E-state index in [1.54, 1.807) is 6.07 Å². The van der Waals surface area contributed by atoms with Crippen molar-refractivity contribution in [2.75, 3.05) is 18.0 Å². The molecule has 88 valence electrons. The predicted molar refractivity (Wildman–Crippen MR) is 63.4 cm³/mol. The van der Waals surface area contributed by atoms with Crippen LogP contribution in [0.15, 0.2) is 10.9 Å². The molecule has 2 rings (SSSR count). The second kappa shape index (κ2) is 5.12. The van der Waals surface area contributed by atoms with Crippen molar-refractivity contribution in [3.05, 3.63) is 22.2 Å². The zero-order valence-electron chi connectivity index (χ0n) is 9.41. The van der Waals surface area contributed by atoms with E-state index in [-0.39, 0.29) is 12.1 Å². The molecule has 3 N–H and O–H groups in total. The van der Waals surface area contributed by atoms with E-state index in [1.807, 2.05) is 0 Å². The highest BCUT2D eigenvalue weighted by Crippen LogP contribution is 2.15. The molecule has 5 heteroatoms. The minimum Gasteiger partial charge on any atom is -0.356 e. The Bertz CT molecular complexity index is 393. The molecule has 0 saturated carbocycles. The Balaban J connectivity index is 2.23. The van der Waals surface area contributed by atoms with Gasteiger partial charge in [0.1, 0.15) is 11.6 Å². The van der Waals surface area contributed by atoms with Gasteiger partial charge in [0.25, 0.3) is 5.56 Å². The highest BCUT2D eigenvalue weighted by molar-refractivity contribution is 5.37. The van der Waals surface area contributed by atoms with E-state index < -0.39 is 0 Å². The SMILES string of the molecule is NCc1nc(N2CCCCCC2)cc(=O)[nH]1. The van der Waals surface area contributed by atoms with Gasteiger partial charge in [-0.3, -0.25) is 4.79 Å². The van der Waals surface area contributed by atoms with E-state index in [1.165, 1.54) is 25.7 Å². The number of aromatic nitrogens is 2. The van der Waals surface area contributed by atoms with Gasteiger partial charge >= 0.3 is 0 Å². The lowest BCUT2D eigenvalue weighted by molar-refractivity contribution is 0.726. The summed E-state index contributed by atoms with van der Waals surface area (Å²) in [4.78, 5) is 20.6. The van der Waals surface area contributed by atoms with Gasteiger partial charge in [0.05, 0.1) is 6.54 Å². The highest BCUT2D eigenvalue weighted by Gasteiger charge is 2.12. The van der Waals surface area contributed by atoms with E-state index in [9.17, 15) is 4.79 Å². The van der Waals surface area contributed by atoms with Gasteiger partial charge in [0.15, 0.2) is 0 Å². The molecule has 0 spiro atoms. The molecular formula is C11H18N4O. The fourth-order valence-corrected chi connectivity index (χ4v) is 2.05. The van der Waals surface area contributed by atoms with Gasteiger partial charge in [-0.15, -0.1) is 0 Å². The predicted octanol–water partition coefficient (Wildman–Crippen LogP) is 0.609. The van der Waals surface area contributed by atoms with Gasteiger partial charge in [-0.2, -0.15) is 0 Å². The van der Waals surface area contributed by atoms with E-state index >= 15 is 0 Å². The second-order valence-electron chi connectivity index (χ2n) is 4.16. The zero-order chi connectivity index (χ0) is 11.4. The van der Waals surface area contributed by atoms with Crippen LogP contribution in [0, 0.1) is 0 Å². The molecular weight excluding hydrogens is 204 g/mol. The molecule has 2 heterocycles.